The molecule has 1 N–H and O–H groups in total. The van der Waals surface area contributed by atoms with Gasteiger partial charge in [0.1, 0.15) is 11.5 Å². The first-order valence-corrected chi connectivity index (χ1v) is 10.6. The first-order valence-electron chi connectivity index (χ1n) is 9.35. The van der Waals surface area contributed by atoms with Crippen molar-refractivity contribution in [1.82, 2.24) is 4.98 Å². The first-order chi connectivity index (χ1) is 15.0. The molecular weight excluding hydrogens is 438 g/mol. The molecule has 0 spiro atoms. The van der Waals surface area contributed by atoms with Crippen molar-refractivity contribution in [2.45, 2.75) is 0 Å². The minimum atomic E-state index is -0.322. The summed E-state index contributed by atoms with van der Waals surface area (Å²) in [5, 5.41) is 5.61. The average Bonchev–Trinajstić information content (AvgIpc) is 3.23. The molecule has 158 valence electrons. The largest absolute Gasteiger partial charge is 0.484 e. The number of anilines is 2. The van der Waals surface area contributed by atoms with Crippen LogP contribution >= 0.6 is 22.9 Å². The number of ether oxygens (including phenoxy) is 2. The summed E-state index contributed by atoms with van der Waals surface area (Å²) in [5.74, 6) is 0.733. The maximum Gasteiger partial charge on any atom is 0.265 e. The van der Waals surface area contributed by atoms with E-state index >= 15 is 0 Å². The maximum absolute atomic E-state index is 12.2. The number of halogens is 1. The van der Waals surface area contributed by atoms with Crippen molar-refractivity contribution in [2.24, 2.45) is 0 Å². The summed E-state index contributed by atoms with van der Waals surface area (Å²) in [4.78, 5) is 30.4. The van der Waals surface area contributed by atoms with Crippen LogP contribution in [0, 0.1) is 0 Å². The number of nitrogens with one attached hydrogen (secondary N) is 1. The van der Waals surface area contributed by atoms with E-state index in [1.54, 1.807) is 35.2 Å². The van der Waals surface area contributed by atoms with Gasteiger partial charge in [0.2, 0.25) is 0 Å². The number of carbonyl (C=O) groups excluding carboxylic acids is 2. The highest BCUT2D eigenvalue weighted by Gasteiger charge is 2.25. The van der Waals surface area contributed by atoms with E-state index in [-0.39, 0.29) is 25.0 Å². The Bertz CT molecular complexity index is 1130. The molecule has 0 aliphatic carbocycles. The number of thiazole rings is 1. The zero-order valence-corrected chi connectivity index (χ0v) is 17.9. The first kappa shape index (κ1) is 20.9. The van der Waals surface area contributed by atoms with E-state index < -0.39 is 0 Å². The molecule has 9 heteroatoms. The van der Waals surface area contributed by atoms with Crippen LogP contribution in [0.2, 0.25) is 5.02 Å². The van der Waals surface area contributed by atoms with Gasteiger partial charge in [-0.2, -0.15) is 0 Å². The van der Waals surface area contributed by atoms with Crippen LogP contribution in [0.15, 0.2) is 60.5 Å². The second-order valence-corrected chi connectivity index (χ2v) is 7.89. The summed E-state index contributed by atoms with van der Waals surface area (Å²) in [5.41, 5.74) is 2.15. The predicted molar refractivity (Wildman–Crippen MR) is 121 cm³/mol. The molecule has 0 fully saturated rings. The van der Waals surface area contributed by atoms with Crippen molar-refractivity contribution in [1.29, 1.82) is 0 Å². The highest BCUT2D eigenvalue weighted by molar-refractivity contribution is 7.14. The van der Waals surface area contributed by atoms with E-state index in [0.717, 1.165) is 5.56 Å². The lowest BCUT2D eigenvalue weighted by atomic mass is 10.1. The van der Waals surface area contributed by atoms with Crippen molar-refractivity contribution < 1.29 is 19.1 Å². The third-order valence-corrected chi connectivity index (χ3v) is 5.45. The van der Waals surface area contributed by atoms with Crippen LogP contribution in [0.3, 0.4) is 0 Å². The Morgan fingerprint density at radius 2 is 2.13 bits per heavy atom. The zero-order chi connectivity index (χ0) is 21.8. The molecule has 2 heterocycles. The number of rotatable bonds is 7. The van der Waals surface area contributed by atoms with Crippen LogP contribution in [-0.4, -0.2) is 36.6 Å². The number of carbonyl (C=O) groups is 2. The van der Waals surface area contributed by atoms with Gasteiger partial charge in [0.05, 0.1) is 11.4 Å². The van der Waals surface area contributed by atoms with E-state index in [1.807, 2.05) is 23.6 Å². The van der Waals surface area contributed by atoms with Gasteiger partial charge in [0, 0.05) is 22.5 Å². The molecule has 7 nitrogen and oxygen atoms in total. The number of aromatic nitrogens is 1. The second-order valence-electron chi connectivity index (χ2n) is 6.59. The molecule has 0 radical (unpaired) electrons. The molecule has 2 amide bonds. The Kier molecular flexibility index (Phi) is 6.20. The van der Waals surface area contributed by atoms with Gasteiger partial charge in [-0.3, -0.25) is 14.9 Å². The molecule has 0 saturated heterocycles. The van der Waals surface area contributed by atoms with Crippen molar-refractivity contribution in [3.8, 4) is 22.8 Å². The number of hydrogen-bond acceptors (Lipinski definition) is 6. The van der Waals surface area contributed by atoms with Crippen LogP contribution in [0.5, 0.6) is 11.5 Å². The number of nitrogens with zero attached hydrogens (tertiary/aromatic N) is 2. The summed E-state index contributed by atoms with van der Waals surface area (Å²) in [6.45, 7) is 3.96. The lowest BCUT2D eigenvalue weighted by Gasteiger charge is -2.28. The summed E-state index contributed by atoms with van der Waals surface area (Å²) in [6, 6.07) is 12.3. The minimum absolute atomic E-state index is 0.00512. The molecule has 31 heavy (non-hydrogen) atoms. The fourth-order valence-corrected chi connectivity index (χ4v) is 3.85. The Morgan fingerprint density at radius 3 is 2.90 bits per heavy atom. The predicted octanol–water partition coefficient (Wildman–Crippen LogP) is 4.39. The van der Waals surface area contributed by atoms with E-state index in [0.29, 0.717) is 39.6 Å². The molecule has 0 atom stereocenters. The molecule has 0 unspecified atom stereocenters. The topological polar surface area (TPSA) is 80.8 Å². The van der Waals surface area contributed by atoms with Gasteiger partial charge in [0.15, 0.2) is 18.3 Å². The van der Waals surface area contributed by atoms with Gasteiger partial charge >= 0.3 is 0 Å². The van der Waals surface area contributed by atoms with Crippen molar-refractivity contribution >= 4 is 45.6 Å². The molecule has 2 aromatic carbocycles. The van der Waals surface area contributed by atoms with Gasteiger partial charge in [-0.25, -0.2) is 4.98 Å². The van der Waals surface area contributed by atoms with E-state index in [1.165, 1.54) is 11.3 Å². The molecular formula is C22H18ClN3O4S. The maximum atomic E-state index is 12.2. The van der Waals surface area contributed by atoms with Crippen molar-refractivity contribution in [3.05, 3.63) is 65.5 Å². The fraction of sp³-hybridized carbons (Fsp3) is 0.136. The Labute approximate surface area is 187 Å². The molecule has 4 rings (SSSR count). The molecule has 0 bridgehead atoms. The number of amides is 2. The monoisotopic (exact) mass is 455 g/mol. The molecule has 1 aromatic heterocycles. The summed E-state index contributed by atoms with van der Waals surface area (Å²) >= 11 is 7.13. The smallest absolute Gasteiger partial charge is 0.265 e. The van der Waals surface area contributed by atoms with Gasteiger partial charge in [0.25, 0.3) is 11.8 Å². The molecule has 1 aliphatic heterocycles. The Hall–Kier alpha value is -3.36. The van der Waals surface area contributed by atoms with Gasteiger partial charge in [-0.05, 0) is 42.5 Å². The molecule has 3 aromatic rings. The van der Waals surface area contributed by atoms with Gasteiger partial charge < -0.3 is 14.4 Å². The number of benzene rings is 2. The third-order valence-electron chi connectivity index (χ3n) is 4.44. The fourth-order valence-electron chi connectivity index (χ4n) is 2.99. The molecule has 1 aliphatic rings. The number of fused-ring (bicyclic) bond motifs is 1. The molecule has 0 saturated carbocycles. The van der Waals surface area contributed by atoms with Crippen LogP contribution in [0.1, 0.15) is 0 Å². The summed E-state index contributed by atoms with van der Waals surface area (Å²) in [6.07, 6.45) is 1.67. The van der Waals surface area contributed by atoms with Gasteiger partial charge in [-0.1, -0.05) is 17.7 Å². The highest BCUT2D eigenvalue weighted by atomic mass is 35.5. The Balaban J connectivity index is 1.44. The highest BCUT2D eigenvalue weighted by Crippen LogP contribution is 2.36. The SMILES string of the molecule is C=CCN1C(=O)COc2ccc(-c3csc(NC(=O)COc4ccc(Cl)cc4)n3)cc21. The van der Waals surface area contributed by atoms with Crippen molar-refractivity contribution in [2.75, 3.05) is 30.0 Å². The van der Waals surface area contributed by atoms with E-state index in [2.05, 4.69) is 16.9 Å². The van der Waals surface area contributed by atoms with Crippen molar-refractivity contribution in [3.63, 3.8) is 0 Å². The van der Waals surface area contributed by atoms with Gasteiger partial charge in [-0.15, -0.1) is 17.9 Å². The number of hydrogen-bond donors (Lipinski definition) is 1. The van der Waals surface area contributed by atoms with E-state index in [4.69, 9.17) is 21.1 Å². The Morgan fingerprint density at radius 1 is 1.32 bits per heavy atom. The summed E-state index contributed by atoms with van der Waals surface area (Å²) in [7, 11) is 0. The van der Waals surface area contributed by atoms with Crippen LogP contribution in [-0.2, 0) is 9.59 Å². The average molecular weight is 456 g/mol. The third kappa shape index (κ3) is 4.87. The van der Waals surface area contributed by atoms with Crippen LogP contribution < -0.4 is 19.7 Å². The quantitative estimate of drug-likeness (QED) is 0.534. The normalized spacial score (nSPS) is 12.7. The minimum Gasteiger partial charge on any atom is -0.484 e. The standard InChI is InChI=1S/C22H18ClN3O4S/c1-2-9-26-18-10-14(3-8-19(18)30-12-21(26)28)17-13-31-22(24-17)25-20(27)11-29-16-6-4-15(23)5-7-16/h2-8,10,13H,1,9,11-12H2,(H,24,25,27). The van der Waals surface area contributed by atoms with Crippen LogP contribution in [0.4, 0.5) is 10.8 Å². The zero-order valence-electron chi connectivity index (χ0n) is 16.3. The second kappa shape index (κ2) is 9.20. The lowest BCUT2D eigenvalue weighted by Crippen LogP contribution is -2.38. The summed E-state index contributed by atoms with van der Waals surface area (Å²) < 4.78 is 10.9. The van der Waals surface area contributed by atoms with Crippen LogP contribution in [0.25, 0.3) is 11.3 Å². The lowest BCUT2D eigenvalue weighted by molar-refractivity contribution is -0.121. The van der Waals surface area contributed by atoms with E-state index in [9.17, 15) is 9.59 Å².